The Morgan fingerprint density at radius 3 is 1.50 bits per heavy atom. The highest BCUT2D eigenvalue weighted by Gasteiger charge is 2.22. The summed E-state index contributed by atoms with van der Waals surface area (Å²) in [5.41, 5.74) is 9.40. The molecule has 7 aromatic carbocycles. The van der Waals surface area contributed by atoms with Gasteiger partial charge < -0.3 is 0 Å². The fourth-order valence-corrected chi connectivity index (χ4v) is 7.90. The van der Waals surface area contributed by atoms with Crippen LogP contribution in [0.5, 0.6) is 0 Å². The molecule has 0 N–H and O–H groups in total. The van der Waals surface area contributed by atoms with E-state index in [0.29, 0.717) is 0 Å². The maximum absolute atomic E-state index is 5.25. The van der Waals surface area contributed by atoms with Crippen molar-refractivity contribution in [3.63, 3.8) is 0 Å². The van der Waals surface area contributed by atoms with Crippen LogP contribution in [0.15, 0.2) is 170 Å². The second kappa shape index (κ2) is 11.2. The van der Waals surface area contributed by atoms with Crippen molar-refractivity contribution in [3.8, 4) is 45.3 Å². The summed E-state index contributed by atoms with van der Waals surface area (Å²) in [6.07, 6.45) is 3.66. The molecular weight excluding hydrogens is 637 g/mol. The Kier molecular flexibility index (Phi) is 6.15. The molecule has 0 saturated heterocycles. The van der Waals surface area contributed by atoms with Crippen LogP contribution >= 0.6 is 0 Å². The Hall–Kier alpha value is -7.18. The minimum Gasteiger partial charge on any atom is -0.277 e. The quantitative estimate of drug-likeness (QED) is 0.172. The third-order valence-corrected chi connectivity index (χ3v) is 10.1. The number of rotatable bonds is 5. The van der Waals surface area contributed by atoms with Gasteiger partial charge in [-0.3, -0.25) is 9.13 Å². The van der Waals surface area contributed by atoms with E-state index in [1.807, 2.05) is 48.8 Å². The van der Waals surface area contributed by atoms with E-state index in [0.717, 1.165) is 67.6 Å². The summed E-state index contributed by atoms with van der Waals surface area (Å²) in [5.74, 6) is 1.61. The van der Waals surface area contributed by atoms with Crippen LogP contribution in [0.2, 0.25) is 0 Å². The molecule has 11 aromatic rings. The van der Waals surface area contributed by atoms with Gasteiger partial charge in [0.25, 0.3) is 0 Å². The predicted molar refractivity (Wildman–Crippen MR) is 211 cm³/mol. The molecule has 4 heterocycles. The van der Waals surface area contributed by atoms with Crippen molar-refractivity contribution in [1.29, 1.82) is 0 Å². The van der Waals surface area contributed by atoms with E-state index in [9.17, 15) is 0 Å². The van der Waals surface area contributed by atoms with Gasteiger partial charge in [0.2, 0.25) is 0 Å². The van der Waals surface area contributed by atoms with Gasteiger partial charge >= 0.3 is 0 Å². The van der Waals surface area contributed by atoms with Gasteiger partial charge in [-0.05, 0) is 116 Å². The number of nitrogens with zero attached hydrogens (tertiary/aromatic N) is 6. The summed E-state index contributed by atoms with van der Waals surface area (Å²) in [6.45, 7) is 0. The maximum Gasteiger partial charge on any atom is 0.164 e. The molecule has 52 heavy (non-hydrogen) atoms. The smallest absolute Gasteiger partial charge is 0.164 e. The number of para-hydroxylation sites is 2. The number of pyridine rings is 2. The Bertz CT molecular complexity index is 2990. The molecule has 4 aromatic heterocycles. The molecule has 0 aliphatic rings. The average molecular weight is 665 g/mol. The summed E-state index contributed by atoms with van der Waals surface area (Å²) in [5, 5.41) is 7.47. The summed E-state index contributed by atoms with van der Waals surface area (Å²) < 4.78 is 4.32. The van der Waals surface area contributed by atoms with Crippen molar-refractivity contribution < 1.29 is 0 Å². The number of benzene rings is 7. The summed E-state index contributed by atoms with van der Waals surface area (Å²) in [6, 6.07) is 55.4. The average Bonchev–Trinajstić information content (AvgIpc) is 3.80. The number of fused-ring (bicyclic) bond motifs is 2. The molecule has 0 spiro atoms. The van der Waals surface area contributed by atoms with Crippen LogP contribution < -0.4 is 0 Å². The van der Waals surface area contributed by atoms with Gasteiger partial charge in [-0.15, -0.1) is 0 Å². The largest absolute Gasteiger partial charge is 0.277 e. The fraction of sp³-hybridized carbons (Fsp3) is 0. The van der Waals surface area contributed by atoms with E-state index in [1.54, 1.807) is 0 Å². The zero-order valence-corrected chi connectivity index (χ0v) is 27.8. The van der Waals surface area contributed by atoms with Crippen LogP contribution in [0, 0.1) is 0 Å². The first-order valence-electron chi connectivity index (χ1n) is 17.4. The minimum atomic E-state index is 0.804. The van der Waals surface area contributed by atoms with Crippen molar-refractivity contribution in [1.82, 2.24) is 29.1 Å². The van der Waals surface area contributed by atoms with Crippen LogP contribution in [-0.2, 0) is 0 Å². The van der Waals surface area contributed by atoms with E-state index < -0.39 is 0 Å². The SMILES string of the molecule is c1ccc(-n2c(-c3cc(-c4cc5cccc6ccc7cccc4c7c65)cc(-c4nc5cccnc5n4-c4ccccc4)c3)nc3cccnc32)cc1. The highest BCUT2D eigenvalue weighted by Crippen LogP contribution is 2.43. The van der Waals surface area contributed by atoms with Crippen LogP contribution in [0.3, 0.4) is 0 Å². The molecule has 6 nitrogen and oxygen atoms in total. The molecule has 0 saturated carbocycles. The van der Waals surface area contributed by atoms with Gasteiger partial charge in [0.1, 0.15) is 22.7 Å². The van der Waals surface area contributed by atoms with Crippen molar-refractivity contribution in [2.24, 2.45) is 0 Å². The summed E-state index contributed by atoms with van der Waals surface area (Å²) in [7, 11) is 0. The number of hydrogen-bond acceptors (Lipinski definition) is 4. The highest BCUT2D eigenvalue weighted by atomic mass is 15.1. The van der Waals surface area contributed by atoms with Crippen molar-refractivity contribution >= 4 is 54.6 Å². The van der Waals surface area contributed by atoms with Crippen LogP contribution in [0.25, 0.3) is 99.9 Å². The maximum atomic E-state index is 5.25. The van der Waals surface area contributed by atoms with Gasteiger partial charge in [0, 0.05) is 34.9 Å². The van der Waals surface area contributed by atoms with Gasteiger partial charge in [-0.25, -0.2) is 19.9 Å². The van der Waals surface area contributed by atoms with E-state index in [4.69, 9.17) is 19.9 Å². The molecule has 0 aliphatic heterocycles. The minimum absolute atomic E-state index is 0.804. The number of hydrogen-bond donors (Lipinski definition) is 0. The fourth-order valence-electron chi connectivity index (χ4n) is 7.90. The van der Waals surface area contributed by atoms with Crippen LogP contribution in [0.4, 0.5) is 0 Å². The monoisotopic (exact) mass is 664 g/mol. The van der Waals surface area contributed by atoms with Crippen LogP contribution in [-0.4, -0.2) is 29.1 Å². The third-order valence-electron chi connectivity index (χ3n) is 10.1. The van der Waals surface area contributed by atoms with Crippen LogP contribution in [0.1, 0.15) is 0 Å². The van der Waals surface area contributed by atoms with Crippen molar-refractivity contribution in [2.75, 3.05) is 0 Å². The predicted octanol–water partition coefficient (Wildman–Crippen LogP) is 11.1. The van der Waals surface area contributed by atoms with Crippen molar-refractivity contribution in [2.45, 2.75) is 0 Å². The second-order valence-corrected chi connectivity index (χ2v) is 13.2. The second-order valence-electron chi connectivity index (χ2n) is 13.2. The van der Waals surface area contributed by atoms with Gasteiger partial charge in [0.15, 0.2) is 11.3 Å². The third kappa shape index (κ3) is 4.31. The van der Waals surface area contributed by atoms with Gasteiger partial charge in [-0.1, -0.05) is 84.9 Å². The molecule has 6 heteroatoms. The van der Waals surface area contributed by atoms with E-state index in [-0.39, 0.29) is 0 Å². The first kappa shape index (κ1) is 28.6. The first-order valence-corrected chi connectivity index (χ1v) is 17.4. The zero-order valence-electron chi connectivity index (χ0n) is 27.8. The van der Waals surface area contributed by atoms with E-state index in [2.05, 4.69) is 130 Å². The molecule has 0 unspecified atom stereocenters. The standard InChI is InChI=1S/C46H28N6/c1-3-14-35(15-4-1)51-43(49-39-19-9-23-47-45(39)51)33-25-32(38-28-31-13-7-11-29-21-22-30-12-8-18-37(38)42(30)41(29)31)26-34(27-33)44-50-40-20-10-24-48-46(40)52(44)36-16-5-2-6-17-36/h1-28H. The molecule has 0 aliphatic carbocycles. The molecule has 0 atom stereocenters. The van der Waals surface area contributed by atoms with E-state index >= 15 is 0 Å². The molecular formula is C46H28N6. The topological polar surface area (TPSA) is 61.4 Å². The molecule has 0 fully saturated rings. The molecule has 242 valence electrons. The molecule has 0 radical (unpaired) electrons. The highest BCUT2D eigenvalue weighted by molar-refractivity contribution is 6.26. The van der Waals surface area contributed by atoms with Gasteiger partial charge in [0.05, 0.1) is 0 Å². The normalized spacial score (nSPS) is 11.8. The van der Waals surface area contributed by atoms with Crippen molar-refractivity contribution in [3.05, 3.63) is 170 Å². The lowest BCUT2D eigenvalue weighted by molar-refractivity contribution is 1.07. The lowest BCUT2D eigenvalue weighted by Crippen LogP contribution is -2.01. The van der Waals surface area contributed by atoms with E-state index in [1.165, 1.54) is 32.3 Å². The summed E-state index contributed by atoms with van der Waals surface area (Å²) in [4.78, 5) is 20.1. The lowest BCUT2D eigenvalue weighted by atomic mass is 9.88. The Morgan fingerprint density at radius 2 is 0.904 bits per heavy atom. The lowest BCUT2D eigenvalue weighted by Gasteiger charge is -2.17. The summed E-state index contributed by atoms with van der Waals surface area (Å²) >= 11 is 0. The number of imidazole rings is 2. The Labute approximate surface area is 298 Å². The zero-order chi connectivity index (χ0) is 34.2. The first-order chi connectivity index (χ1) is 25.8. The number of aromatic nitrogens is 6. The van der Waals surface area contributed by atoms with Gasteiger partial charge in [-0.2, -0.15) is 0 Å². The molecule has 0 amide bonds. The molecule has 0 bridgehead atoms. The Balaban J connectivity index is 1.27. The molecule has 11 rings (SSSR count). The Morgan fingerprint density at radius 1 is 0.385 bits per heavy atom.